The van der Waals surface area contributed by atoms with E-state index in [2.05, 4.69) is 23.6 Å². The summed E-state index contributed by atoms with van der Waals surface area (Å²) in [6.07, 6.45) is 0.226. The van der Waals surface area contributed by atoms with Gasteiger partial charge in [0, 0.05) is 24.7 Å². The van der Waals surface area contributed by atoms with Crippen molar-refractivity contribution in [3.05, 3.63) is 0 Å². The van der Waals surface area contributed by atoms with Crippen LogP contribution < -0.4 is 0 Å². The quantitative estimate of drug-likeness (QED) is 0.704. The molecule has 1 rings (SSSR count). The van der Waals surface area contributed by atoms with Crippen LogP contribution in [0.5, 0.6) is 0 Å². The monoisotopic (exact) mass is 200 g/mol. The lowest BCUT2D eigenvalue weighted by Crippen LogP contribution is -2.61. The number of piperazine rings is 1. The zero-order chi connectivity index (χ0) is 10.9. The van der Waals surface area contributed by atoms with E-state index in [0.29, 0.717) is 0 Å². The fraction of sp³-hybridized carbons (Fsp3) is 0.900. The van der Waals surface area contributed by atoms with Crippen molar-refractivity contribution in [2.45, 2.75) is 31.8 Å². The van der Waals surface area contributed by atoms with Gasteiger partial charge in [-0.15, -0.1) is 0 Å². The van der Waals surface area contributed by atoms with Crippen molar-refractivity contribution in [1.29, 1.82) is 0 Å². The van der Waals surface area contributed by atoms with E-state index in [0.717, 1.165) is 13.1 Å². The van der Waals surface area contributed by atoms with Gasteiger partial charge >= 0.3 is 5.97 Å². The maximum atomic E-state index is 10.7. The van der Waals surface area contributed by atoms with Gasteiger partial charge in [-0.2, -0.15) is 0 Å². The first-order chi connectivity index (χ1) is 6.33. The number of aliphatic carboxylic acids is 1. The Balaban J connectivity index is 2.70. The SMILES string of the molecule is CN1CC(CC(=O)O)N(C)C(C)(C)C1. The lowest BCUT2D eigenvalue weighted by molar-refractivity contribution is -0.139. The molecule has 0 aromatic carbocycles. The third-order valence-electron chi connectivity index (χ3n) is 3.09. The van der Waals surface area contributed by atoms with Crippen LogP contribution in [0.15, 0.2) is 0 Å². The van der Waals surface area contributed by atoms with E-state index < -0.39 is 5.97 Å². The zero-order valence-corrected chi connectivity index (χ0v) is 9.45. The number of carbonyl (C=O) groups is 1. The molecule has 1 N–H and O–H groups in total. The van der Waals surface area contributed by atoms with Crippen LogP contribution in [-0.4, -0.2) is 59.6 Å². The molecule has 1 atom stereocenters. The molecule has 0 radical (unpaired) electrons. The lowest BCUT2D eigenvalue weighted by atomic mass is 9.95. The molecule has 4 nitrogen and oxygen atoms in total. The second-order valence-corrected chi connectivity index (χ2v) is 4.87. The van der Waals surface area contributed by atoms with Crippen LogP contribution >= 0.6 is 0 Å². The molecule has 1 aliphatic rings. The van der Waals surface area contributed by atoms with Crippen LogP contribution in [0.3, 0.4) is 0 Å². The van der Waals surface area contributed by atoms with Crippen LogP contribution in [0, 0.1) is 0 Å². The topological polar surface area (TPSA) is 43.8 Å². The predicted molar refractivity (Wildman–Crippen MR) is 55.4 cm³/mol. The molecule has 0 aromatic heterocycles. The van der Waals surface area contributed by atoms with Crippen LogP contribution in [0.25, 0.3) is 0 Å². The molecule has 14 heavy (non-hydrogen) atoms. The first-order valence-electron chi connectivity index (χ1n) is 4.96. The van der Waals surface area contributed by atoms with Gasteiger partial charge in [0.25, 0.3) is 0 Å². The highest BCUT2D eigenvalue weighted by molar-refractivity contribution is 5.67. The van der Waals surface area contributed by atoms with Gasteiger partial charge < -0.3 is 10.0 Å². The average Bonchev–Trinajstić information content (AvgIpc) is 1.97. The van der Waals surface area contributed by atoms with Gasteiger partial charge in [0.1, 0.15) is 0 Å². The summed E-state index contributed by atoms with van der Waals surface area (Å²) in [6.45, 7) is 6.13. The largest absolute Gasteiger partial charge is 0.481 e. The van der Waals surface area contributed by atoms with Crippen molar-refractivity contribution in [3.63, 3.8) is 0 Å². The number of carboxylic acid groups (broad SMARTS) is 1. The third kappa shape index (κ3) is 2.45. The number of rotatable bonds is 2. The van der Waals surface area contributed by atoms with Gasteiger partial charge in [-0.25, -0.2) is 0 Å². The first-order valence-corrected chi connectivity index (χ1v) is 4.96. The molecular formula is C10H20N2O2. The minimum Gasteiger partial charge on any atom is -0.481 e. The fourth-order valence-corrected chi connectivity index (χ4v) is 2.22. The third-order valence-corrected chi connectivity index (χ3v) is 3.09. The molecular weight excluding hydrogens is 180 g/mol. The smallest absolute Gasteiger partial charge is 0.304 e. The van der Waals surface area contributed by atoms with Gasteiger partial charge in [0.2, 0.25) is 0 Å². The molecule has 0 spiro atoms. The molecule has 0 aromatic rings. The van der Waals surface area contributed by atoms with Crippen LogP contribution in [-0.2, 0) is 4.79 Å². The Morgan fingerprint density at radius 3 is 2.57 bits per heavy atom. The summed E-state index contributed by atoms with van der Waals surface area (Å²) in [5, 5.41) is 8.79. The minimum absolute atomic E-state index is 0.0626. The van der Waals surface area contributed by atoms with Crippen molar-refractivity contribution >= 4 is 5.97 Å². The summed E-state index contributed by atoms with van der Waals surface area (Å²) < 4.78 is 0. The van der Waals surface area contributed by atoms with Gasteiger partial charge in [-0.05, 0) is 27.9 Å². The van der Waals surface area contributed by atoms with Gasteiger partial charge in [-0.1, -0.05) is 0 Å². The zero-order valence-electron chi connectivity index (χ0n) is 9.45. The van der Waals surface area contributed by atoms with Crippen molar-refractivity contribution in [2.75, 3.05) is 27.2 Å². The molecule has 4 heteroatoms. The van der Waals surface area contributed by atoms with E-state index in [4.69, 9.17) is 5.11 Å². The minimum atomic E-state index is -0.715. The Bertz CT molecular complexity index is 228. The van der Waals surface area contributed by atoms with E-state index in [9.17, 15) is 4.79 Å². The van der Waals surface area contributed by atoms with E-state index in [1.54, 1.807) is 0 Å². The maximum Gasteiger partial charge on any atom is 0.304 e. The van der Waals surface area contributed by atoms with E-state index in [-0.39, 0.29) is 18.0 Å². The molecule has 1 heterocycles. The van der Waals surface area contributed by atoms with E-state index in [1.807, 2.05) is 14.1 Å². The molecule has 1 unspecified atom stereocenters. The molecule has 82 valence electrons. The Labute approximate surface area is 85.5 Å². The molecule has 1 fully saturated rings. The van der Waals surface area contributed by atoms with Crippen molar-refractivity contribution in [1.82, 2.24) is 9.80 Å². The summed E-state index contributed by atoms with van der Waals surface area (Å²) in [6, 6.07) is 0.126. The molecule has 1 aliphatic heterocycles. The Hall–Kier alpha value is -0.610. The first kappa shape index (κ1) is 11.5. The van der Waals surface area contributed by atoms with E-state index >= 15 is 0 Å². The van der Waals surface area contributed by atoms with Crippen LogP contribution in [0.2, 0.25) is 0 Å². The summed E-state index contributed by atoms with van der Waals surface area (Å²) >= 11 is 0. The Morgan fingerprint density at radius 1 is 1.50 bits per heavy atom. The second kappa shape index (κ2) is 3.87. The number of likely N-dealkylation sites (N-methyl/N-ethyl adjacent to an activating group) is 2. The predicted octanol–water partition coefficient (Wildman–Crippen LogP) is 0.486. The number of nitrogens with zero attached hydrogens (tertiary/aromatic N) is 2. The van der Waals surface area contributed by atoms with Crippen LogP contribution in [0.4, 0.5) is 0 Å². The van der Waals surface area contributed by atoms with Gasteiger partial charge in [0.15, 0.2) is 0 Å². The standard InChI is InChI=1S/C10H20N2O2/c1-10(2)7-11(3)6-8(12(10)4)5-9(13)14/h8H,5-7H2,1-4H3,(H,13,14). The van der Waals surface area contributed by atoms with Gasteiger partial charge in [-0.3, -0.25) is 9.69 Å². The van der Waals surface area contributed by atoms with Crippen molar-refractivity contribution in [3.8, 4) is 0 Å². The molecule has 0 amide bonds. The summed E-state index contributed by atoms with van der Waals surface area (Å²) in [7, 11) is 4.06. The number of hydrogen-bond acceptors (Lipinski definition) is 3. The number of hydrogen-bond donors (Lipinski definition) is 1. The highest BCUT2D eigenvalue weighted by Crippen LogP contribution is 2.23. The summed E-state index contributed by atoms with van der Waals surface area (Å²) in [4.78, 5) is 15.1. The van der Waals surface area contributed by atoms with Crippen LogP contribution in [0.1, 0.15) is 20.3 Å². The Kier molecular flexibility index (Phi) is 3.17. The molecule has 0 bridgehead atoms. The average molecular weight is 200 g/mol. The molecule has 0 saturated carbocycles. The van der Waals surface area contributed by atoms with E-state index in [1.165, 1.54) is 0 Å². The summed E-state index contributed by atoms with van der Waals surface area (Å²) in [5.74, 6) is -0.715. The maximum absolute atomic E-state index is 10.7. The molecule has 0 aliphatic carbocycles. The normalized spacial score (nSPS) is 29.0. The van der Waals surface area contributed by atoms with Crippen molar-refractivity contribution < 1.29 is 9.90 Å². The van der Waals surface area contributed by atoms with Gasteiger partial charge in [0.05, 0.1) is 6.42 Å². The number of carboxylic acids is 1. The highest BCUT2D eigenvalue weighted by atomic mass is 16.4. The fourth-order valence-electron chi connectivity index (χ4n) is 2.22. The summed E-state index contributed by atoms with van der Waals surface area (Å²) in [5.41, 5.74) is 0.0626. The molecule has 1 saturated heterocycles. The second-order valence-electron chi connectivity index (χ2n) is 4.87. The highest BCUT2D eigenvalue weighted by Gasteiger charge is 2.36. The lowest BCUT2D eigenvalue weighted by Gasteiger charge is -2.48. The Morgan fingerprint density at radius 2 is 2.07 bits per heavy atom. The van der Waals surface area contributed by atoms with Crippen molar-refractivity contribution in [2.24, 2.45) is 0 Å².